The molecule has 2 aromatic rings. The Morgan fingerprint density at radius 2 is 2.00 bits per heavy atom. The van der Waals surface area contributed by atoms with Crippen molar-refractivity contribution in [2.45, 2.75) is 32.2 Å². The van der Waals surface area contributed by atoms with Gasteiger partial charge in [0, 0.05) is 18.4 Å². The first kappa shape index (κ1) is 15.5. The van der Waals surface area contributed by atoms with Crippen molar-refractivity contribution in [2.75, 3.05) is 7.11 Å². The van der Waals surface area contributed by atoms with E-state index < -0.39 is 0 Å². The lowest BCUT2D eigenvalue weighted by Crippen LogP contribution is -2.29. The number of hydrazine groups is 1. The molecule has 0 aliphatic carbocycles. The first-order valence-electron chi connectivity index (χ1n) is 7.30. The molecule has 0 saturated carbocycles. The van der Waals surface area contributed by atoms with Gasteiger partial charge < -0.3 is 4.74 Å². The molecule has 0 spiro atoms. The van der Waals surface area contributed by atoms with Crippen LogP contribution in [-0.4, -0.2) is 12.1 Å². The number of rotatable bonds is 7. The monoisotopic (exact) mass is 285 g/mol. The van der Waals surface area contributed by atoms with Crippen LogP contribution < -0.4 is 16.0 Å². The highest BCUT2D eigenvalue weighted by atomic mass is 16.5. The number of nitrogens with two attached hydrogens (primary N) is 1. The van der Waals surface area contributed by atoms with E-state index in [0.717, 1.165) is 25.0 Å². The Morgan fingerprint density at radius 3 is 2.62 bits per heavy atom. The second-order valence-electron chi connectivity index (χ2n) is 5.03. The zero-order valence-corrected chi connectivity index (χ0v) is 12.7. The highest BCUT2D eigenvalue weighted by Crippen LogP contribution is 2.22. The van der Waals surface area contributed by atoms with Crippen molar-refractivity contribution in [1.82, 2.24) is 10.4 Å². The van der Waals surface area contributed by atoms with Gasteiger partial charge in [-0.3, -0.25) is 16.3 Å². The lowest BCUT2D eigenvalue weighted by atomic mass is 9.96. The summed E-state index contributed by atoms with van der Waals surface area (Å²) in [7, 11) is 1.68. The van der Waals surface area contributed by atoms with Gasteiger partial charge in [-0.05, 0) is 54.2 Å². The molecule has 0 radical (unpaired) electrons. The van der Waals surface area contributed by atoms with Crippen molar-refractivity contribution in [3.8, 4) is 5.75 Å². The van der Waals surface area contributed by atoms with Gasteiger partial charge in [-0.1, -0.05) is 19.1 Å². The fourth-order valence-corrected chi connectivity index (χ4v) is 2.51. The highest BCUT2D eigenvalue weighted by molar-refractivity contribution is 5.29. The smallest absolute Gasteiger partial charge is 0.118 e. The molecule has 0 aliphatic rings. The molecule has 0 amide bonds. The van der Waals surface area contributed by atoms with Crippen molar-refractivity contribution >= 4 is 0 Å². The lowest BCUT2D eigenvalue weighted by Gasteiger charge is -2.19. The molecule has 0 aliphatic heterocycles. The first-order valence-corrected chi connectivity index (χ1v) is 7.30. The minimum Gasteiger partial charge on any atom is -0.497 e. The number of aromatic nitrogens is 1. The van der Waals surface area contributed by atoms with E-state index in [0.29, 0.717) is 0 Å². The maximum atomic E-state index is 5.75. The van der Waals surface area contributed by atoms with Crippen molar-refractivity contribution in [1.29, 1.82) is 0 Å². The number of methoxy groups -OCH3 is 1. The second kappa shape index (κ2) is 7.76. The SMILES string of the molecule is CCc1cnccc1C(CCc1ccc(OC)cc1)NN. The van der Waals surface area contributed by atoms with E-state index >= 15 is 0 Å². The first-order chi connectivity index (χ1) is 10.3. The molecule has 3 N–H and O–H groups in total. The van der Waals surface area contributed by atoms with Crippen molar-refractivity contribution in [3.05, 3.63) is 59.4 Å². The zero-order valence-electron chi connectivity index (χ0n) is 12.7. The summed E-state index contributed by atoms with van der Waals surface area (Å²) < 4.78 is 5.18. The number of aryl methyl sites for hydroxylation is 2. The molecule has 4 heteroatoms. The molecule has 1 unspecified atom stereocenters. The van der Waals surface area contributed by atoms with Crippen LogP contribution in [0, 0.1) is 0 Å². The molecule has 1 aromatic heterocycles. The van der Waals surface area contributed by atoms with Crippen LogP contribution in [-0.2, 0) is 12.8 Å². The molecule has 112 valence electrons. The number of nitrogens with zero attached hydrogens (tertiary/aromatic N) is 1. The molecule has 0 bridgehead atoms. The fraction of sp³-hybridized carbons (Fsp3) is 0.353. The lowest BCUT2D eigenvalue weighted by molar-refractivity contribution is 0.414. The van der Waals surface area contributed by atoms with Crippen LogP contribution in [0.5, 0.6) is 5.75 Å². The van der Waals surface area contributed by atoms with Gasteiger partial charge in [0.15, 0.2) is 0 Å². The summed E-state index contributed by atoms with van der Waals surface area (Å²) >= 11 is 0. The zero-order chi connectivity index (χ0) is 15.1. The van der Waals surface area contributed by atoms with Crippen LogP contribution in [0.25, 0.3) is 0 Å². The summed E-state index contributed by atoms with van der Waals surface area (Å²) in [5, 5.41) is 0. The van der Waals surface area contributed by atoms with Gasteiger partial charge in [-0.25, -0.2) is 0 Å². The van der Waals surface area contributed by atoms with E-state index in [-0.39, 0.29) is 6.04 Å². The van der Waals surface area contributed by atoms with E-state index in [1.54, 1.807) is 7.11 Å². The van der Waals surface area contributed by atoms with Gasteiger partial charge in [-0.2, -0.15) is 0 Å². The van der Waals surface area contributed by atoms with Gasteiger partial charge in [0.2, 0.25) is 0 Å². The minimum absolute atomic E-state index is 0.144. The van der Waals surface area contributed by atoms with Crippen molar-refractivity contribution in [3.63, 3.8) is 0 Å². The van der Waals surface area contributed by atoms with Crippen LogP contribution in [0.3, 0.4) is 0 Å². The quantitative estimate of drug-likeness (QED) is 0.606. The summed E-state index contributed by atoms with van der Waals surface area (Å²) in [5.74, 6) is 6.63. The van der Waals surface area contributed by atoms with E-state index in [1.165, 1.54) is 16.7 Å². The predicted molar refractivity (Wildman–Crippen MR) is 85.0 cm³/mol. The molecule has 4 nitrogen and oxygen atoms in total. The summed E-state index contributed by atoms with van der Waals surface area (Å²) in [6, 6.07) is 10.4. The topological polar surface area (TPSA) is 60.2 Å². The molecule has 0 saturated heterocycles. The van der Waals surface area contributed by atoms with E-state index in [2.05, 4.69) is 35.5 Å². The van der Waals surface area contributed by atoms with E-state index in [4.69, 9.17) is 10.6 Å². The number of nitrogens with one attached hydrogen (secondary N) is 1. The third kappa shape index (κ3) is 4.03. The Bertz CT molecular complexity index is 554. The number of hydrogen-bond donors (Lipinski definition) is 2. The molecular formula is C17H23N3O. The Balaban J connectivity index is 2.05. The third-order valence-corrected chi connectivity index (χ3v) is 3.78. The Morgan fingerprint density at radius 1 is 1.24 bits per heavy atom. The molecule has 21 heavy (non-hydrogen) atoms. The molecular weight excluding hydrogens is 262 g/mol. The van der Waals surface area contributed by atoms with Gasteiger partial charge in [-0.15, -0.1) is 0 Å². The summed E-state index contributed by atoms with van der Waals surface area (Å²) in [6.45, 7) is 2.14. The Hall–Kier alpha value is -1.91. The Kier molecular flexibility index (Phi) is 5.72. The molecule has 1 atom stereocenters. The number of hydrogen-bond acceptors (Lipinski definition) is 4. The third-order valence-electron chi connectivity index (χ3n) is 3.78. The maximum Gasteiger partial charge on any atom is 0.118 e. The van der Waals surface area contributed by atoms with Gasteiger partial charge in [0.05, 0.1) is 7.11 Å². The number of pyridine rings is 1. The van der Waals surface area contributed by atoms with Gasteiger partial charge in [0.25, 0.3) is 0 Å². The summed E-state index contributed by atoms with van der Waals surface area (Å²) in [6.07, 6.45) is 6.62. The van der Waals surface area contributed by atoms with Crippen LogP contribution in [0.1, 0.15) is 36.1 Å². The average Bonchev–Trinajstić information content (AvgIpc) is 2.56. The predicted octanol–water partition coefficient (Wildman–Crippen LogP) is 2.79. The number of ether oxygens (including phenoxy) is 1. The standard InChI is InChI=1S/C17H23N3O/c1-3-14-12-19-11-10-16(14)17(20-18)9-6-13-4-7-15(21-2)8-5-13/h4-5,7-8,10-12,17,20H,3,6,9,18H2,1-2H3. The molecule has 1 aromatic carbocycles. The fourth-order valence-electron chi connectivity index (χ4n) is 2.51. The largest absolute Gasteiger partial charge is 0.497 e. The van der Waals surface area contributed by atoms with Gasteiger partial charge >= 0.3 is 0 Å². The molecule has 1 heterocycles. The average molecular weight is 285 g/mol. The maximum absolute atomic E-state index is 5.75. The molecule has 2 rings (SSSR count). The van der Waals surface area contributed by atoms with Crippen LogP contribution >= 0.6 is 0 Å². The number of benzene rings is 1. The van der Waals surface area contributed by atoms with Crippen LogP contribution in [0.2, 0.25) is 0 Å². The van der Waals surface area contributed by atoms with Gasteiger partial charge in [0.1, 0.15) is 5.75 Å². The second-order valence-corrected chi connectivity index (χ2v) is 5.03. The Labute approximate surface area is 126 Å². The summed E-state index contributed by atoms with van der Waals surface area (Å²) in [4.78, 5) is 4.19. The summed E-state index contributed by atoms with van der Waals surface area (Å²) in [5.41, 5.74) is 6.70. The highest BCUT2D eigenvalue weighted by Gasteiger charge is 2.13. The van der Waals surface area contributed by atoms with Crippen molar-refractivity contribution in [2.24, 2.45) is 5.84 Å². The molecule has 0 fully saturated rings. The van der Waals surface area contributed by atoms with E-state index in [9.17, 15) is 0 Å². The van der Waals surface area contributed by atoms with Crippen LogP contribution in [0.15, 0.2) is 42.7 Å². The minimum atomic E-state index is 0.144. The van der Waals surface area contributed by atoms with E-state index in [1.807, 2.05) is 24.5 Å². The van der Waals surface area contributed by atoms with Crippen molar-refractivity contribution < 1.29 is 4.74 Å². The van der Waals surface area contributed by atoms with Crippen LogP contribution in [0.4, 0.5) is 0 Å². The normalized spacial score (nSPS) is 12.1.